The first-order valence-corrected chi connectivity index (χ1v) is 6.88. The summed E-state index contributed by atoms with van der Waals surface area (Å²) in [5, 5.41) is 0. The average Bonchev–Trinajstić information content (AvgIpc) is 2.38. The molecule has 98 valence electrons. The normalized spacial score (nSPS) is 34.7. The van der Waals surface area contributed by atoms with Gasteiger partial charge in [-0.1, -0.05) is 19.8 Å². The van der Waals surface area contributed by atoms with Gasteiger partial charge < -0.3 is 15.4 Å². The Morgan fingerprint density at radius 2 is 2.18 bits per heavy atom. The van der Waals surface area contributed by atoms with Gasteiger partial charge in [-0.15, -0.1) is 0 Å². The molecule has 0 aromatic heterocycles. The molecule has 4 nitrogen and oxygen atoms in total. The zero-order chi connectivity index (χ0) is 12.3. The van der Waals surface area contributed by atoms with Crippen molar-refractivity contribution in [3.8, 4) is 0 Å². The Bertz CT molecular complexity index is 270. The monoisotopic (exact) mass is 240 g/mol. The Balaban J connectivity index is 1.93. The molecule has 4 heteroatoms. The molecule has 0 bridgehead atoms. The first-order chi connectivity index (χ1) is 8.22. The van der Waals surface area contributed by atoms with Gasteiger partial charge in [0, 0.05) is 19.1 Å². The Labute approximate surface area is 103 Å². The second-order valence-corrected chi connectivity index (χ2v) is 5.24. The minimum atomic E-state index is 0.0550. The lowest BCUT2D eigenvalue weighted by Gasteiger charge is -2.37. The van der Waals surface area contributed by atoms with E-state index in [2.05, 4.69) is 6.92 Å². The SMILES string of the molecule is CCC1CN(C(=O)C2CCCCC2N)CCO1. The number of morpholine rings is 1. The zero-order valence-electron chi connectivity index (χ0n) is 10.7. The van der Waals surface area contributed by atoms with E-state index in [0.29, 0.717) is 6.61 Å². The Morgan fingerprint density at radius 1 is 1.41 bits per heavy atom. The Hall–Kier alpha value is -0.610. The fourth-order valence-electron chi connectivity index (χ4n) is 2.87. The molecule has 1 amide bonds. The van der Waals surface area contributed by atoms with E-state index in [1.807, 2.05) is 4.90 Å². The van der Waals surface area contributed by atoms with Crippen LogP contribution in [0, 0.1) is 5.92 Å². The van der Waals surface area contributed by atoms with E-state index in [-0.39, 0.29) is 24.0 Å². The quantitative estimate of drug-likeness (QED) is 0.787. The van der Waals surface area contributed by atoms with Gasteiger partial charge in [0.1, 0.15) is 0 Å². The van der Waals surface area contributed by atoms with E-state index in [1.54, 1.807) is 0 Å². The predicted molar refractivity (Wildman–Crippen MR) is 66.5 cm³/mol. The number of nitrogens with zero attached hydrogens (tertiary/aromatic N) is 1. The van der Waals surface area contributed by atoms with Gasteiger partial charge in [0.2, 0.25) is 5.91 Å². The molecule has 0 spiro atoms. The minimum Gasteiger partial charge on any atom is -0.375 e. The van der Waals surface area contributed by atoms with Gasteiger partial charge in [0.15, 0.2) is 0 Å². The van der Waals surface area contributed by atoms with Crippen molar-refractivity contribution in [2.45, 2.75) is 51.2 Å². The van der Waals surface area contributed by atoms with Crippen LogP contribution in [0.25, 0.3) is 0 Å². The Kier molecular flexibility index (Phi) is 4.40. The molecule has 1 heterocycles. The number of carbonyl (C=O) groups excluding carboxylic acids is 1. The molecule has 1 aliphatic carbocycles. The van der Waals surface area contributed by atoms with Gasteiger partial charge >= 0.3 is 0 Å². The van der Waals surface area contributed by atoms with Crippen LogP contribution in [0.3, 0.4) is 0 Å². The van der Waals surface area contributed by atoms with E-state index >= 15 is 0 Å². The third-order valence-electron chi connectivity index (χ3n) is 4.04. The molecule has 2 rings (SSSR count). The van der Waals surface area contributed by atoms with Crippen LogP contribution in [-0.4, -0.2) is 42.6 Å². The average molecular weight is 240 g/mol. The maximum Gasteiger partial charge on any atom is 0.227 e. The Morgan fingerprint density at radius 3 is 2.88 bits per heavy atom. The second-order valence-electron chi connectivity index (χ2n) is 5.24. The van der Waals surface area contributed by atoms with Crippen molar-refractivity contribution in [1.82, 2.24) is 4.90 Å². The molecular weight excluding hydrogens is 216 g/mol. The summed E-state index contributed by atoms with van der Waals surface area (Å²) in [6, 6.07) is 0.0687. The van der Waals surface area contributed by atoms with Gasteiger partial charge in [0.25, 0.3) is 0 Å². The summed E-state index contributed by atoms with van der Waals surface area (Å²) in [4.78, 5) is 14.4. The lowest BCUT2D eigenvalue weighted by atomic mass is 9.84. The lowest BCUT2D eigenvalue weighted by Crippen LogP contribution is -2.51. The highest BCUT2D eigenvalue weighted by molar-refractivity contribution is 5.79. The van der Waals surface area contributed by atoms with Crippen molar-refractivity contribution < 1.29 is 9.53 Å². The molecule has 3 atom stereocenters. The third kappa shape index (κ3) is 2.99. The van der Waals surface area contributed by atoms with Gasteiger partial charge in [-0.25, -0.2) is 0 Å². The summed E-state index contributed by atoms with van der Waals surface area (Å²) in [6.45, 7) is 4.26. The van der Waals surface area contributed by atoms with Crippen LogP contribution in [0.4, 0.5) is 0 Å². The van der Waals surface area contributed by atoms with Crippen LogP contribution in [0.1, 0.15) is 39.0 Å². The van der Waals surface area contributed by atoms with Crippen molar-refractivity contribution >= 4 is 5.91 Å². The summed E-state index contributed by atoms with van der Waals surface area (Å²) in [7, 11) is 0. The zero-order valence-corrected chi connectivity index (χ0v) is 10.7. The first-order valence-electron chi connectivity index (χ1n) is 6.88. The van der Waals surface area contributed by atoms with Crippen molar-refractivity contribution in [2.24, 2.45) is 11.7 Å². The molecule has 17 heavy (non-hydrogen) atoms. The molecule has 1 saturated heterocycles. The number of ether oxygens (including phenoxy) is 1. The second kappa shape index (κ2) is 5.83. The van der Waals surface area contributed by atoms with Crippen LogP contribution in [0.15, 0.2) is 0 Å². The maximum atomic E-state index is 12.4. The lowest BCUT2D eigenvalue weighted by molar-refractivity contribution is -0.144. The van der Waals surface area contributed by atoms with E-state index < -0.39 is 0 Å². The minimum absolute atomic E-state index is 0.0550. The van der Waals surface area contributed by atoms with Gasteiger partial charge in [0.05, 0.1) is 18.6 Å². The standard InChI is InChI=1S/C13H24N2O2/c1-2-10-9-15(7-8-17-10)13(16)11-5-3-4-6-12(11)14/h10-12H,2-9,14H2,1H3. The number of hydrogen-bond donors (Lipinski definition) is 1. The van der Waals surface area contributed by atoms with Gasteiger partial charge in [-0.2, -0.15) is 0 Å². The number of carbonyl (C=O) groups is 1. The van der Waals surface area contributed by atoms with Crippen molar-refractivity contribution in [3.05, 3.63) is 0 Å². The fourth-order valence-corrected chi connectivity index (χ4v) is 2.87. The van der Waals surface area contributed by atoms with E-state index in [0.717, 1.165) is 38.8 Å². The van der Waals surface area contributed by atoms with E-state index in [4.69, 9.17) is 10.5 Å². The molecule has 0 aromatic rings. The molecular formula is C13H24N2O2. The fraction of sp³-hybridized carbons (Fsp3) is 0.923. The molecule has 2 fully saturated rings. The highest BCUT2D eigenvalue weighted by atomic mass is 16.5. The van der Waals surface area contributed by atoms with Crippen LogP contribution in [-0.2, 0) is 9.53 Å². The van der Waals surface area contributed by atoms with Crippen molar-refractivity contribution in [1.29, 1.82) is 0 Å². The maximum absolute atomic E-state index is 12.4. The van der Waals surface area contributed by atoms with E-state index in [1.165, 1.54) is 6.42 Å². The number of nitrogens with two attached hydrogens (primary N) is 1. The predicted octanol–water partition coefficient (Wildman–Crippen LogP) is 1.14. The third-order valence-corrected chi connectivity index (χ3v) is 4.04. The summed E-state index contributed by atoms with van der Waals surface area (Å²) in [5.74, 6) is 0.318. The van der Waals surface area contributed by atoms with Crippen LogP contribution < -0.4 is 5.73 Å². The molecule has 2 N–H and O–H groups in total. The molecule has 1 aliphatic heterocycles. The molecule has 1 saturated carbocycles. The van der Waals surface area contributed by atoms with Crippen molar-refractivity contribution in [3.63, 3.8) is 0 Å². The molecule has 2 aliphatic rings. The van der Waals surface area contributed by atoms with Crippen LogP contribution in [0.2, 0.25) is 0 Å². The summed E-state index contributed by atoms with van der Waals surface area (Å²) in [5.41, 5.74) is 6.07. The first kappa shape index (κ1) is 12.8. The summed E-state index contributed by atoms with van der Waals surface area (Å²) >= 11 is 0. The topological polar surface area (TPSA) is 55.6 Å². The number of rotatable bonds is 2. The van der Waals surface area contributed by atoms with Gasteiger partial charge in [-0.05, 0) is 19.3 Å². The van der Waals surface area contributed by atoms with Gasteiger partial charge in [-0.3, -0.25) is 4.79 Å². The number of amides is 1. The highest BCUT2D eigenvalue weighted by Gasteiger charge is 2.33. The highest BCUT2D eigenvalue weighted by Crippen LogP contribution is 2.25. The molecule has 3 unspecified atom stereocenters. The molecule has 0 aromatic carbocycles. The summed E-state index contributed by atoms with van der Waals surface area (Å²) < 4.78 is 5.60. The largest absolute Gasteiger partial charge is 0.375 e. The van der Waals surface area contributed by atoms with Crippen molar-refractivity contribution in [2.75, 3.05) is 19.7 Å². The smallest absolute Gasteiger partial charge is 0.227 e. The number of hydrogen-bond acceptors (Lipinski definition) is 3. The van der Waals surface area contributed by atoms with Crippen LogP contribution >= 0.6 is 0 Å². The molecule has 0 radical (unpaired) electrons. The van der Waals surface area contributed by atoms with Crippen LogP contribution in [0.5, 0.6) is 0 Å². The summed E-state index contributed by atoms with van der Waals surface area (Å²) in [6.07, 6.45) is 5.47. The van der Waals surface area contributed by atoms with E-state index in [9.17, 15) is 4.79 Å².